The van der Waals surface area contributed by atoms with Crippen LogP contribution in [0.25, 0.3) is 0 Å². The Hall–Kier alpha value is -1.25. The molecule has 90 valence electrons. The number of hydrogen-bond acceptors (Lipinski definition) is 4. The van der Waals surface area contributed by atoms with E-state index in [1.54, 1.807) is 18.2 Å². The van der Waals surface area contributed by atoms with Crippen LogP contribution in [0.4, 0.5) is 5.69 Å². The van der Waals surface area contributed by atoms with Crippen molar-refractivity contribution in [1.29, 1.82) is 5.26 Å². The lowest BCUT2D eigenvalue weighted by Crippen LogP contribution is -2.20. The van der Waals surface area contributed by atoms with Crippen molar-refractivity contribution in [2.24, 2.45) is 0 Å². The van der Waals surface area contributed by atoms with E-state index in [9.17, 15) is 8.42 Å². The number of benzene rings is 1. The molecule has 0 aliphatic carbocycles. The first kappa shape index (κ1) is 12.2. The summed E-state index contributed by atoms with van der Waals surface area (Å²) in [6, 6.07) is 6.81. The molecule has 1 heterocycles. The number of nitriles is 1. The predicted molar refractivity (Wildman–Crippen MR) is 66.8 cm³/mol. The van der Waals surface area contributed by atoms with Crippen LogP contribution in [0, 0.1) is 11.3 Å². The van der Waals surface area contributed by atoms with E-state index >= 15 is 0 Å². The fraction of sp³-hybridized carbons (Fsp3) is 0.364. The van der Waals surface area contributed by atoms with E-state index in [-0.39, 0.29) is 17.5 Å². The molecule has 4 nitrogen and oxygen atoms in total. The molecule has 1 N–H and O–H groups in total. The summed E-state index contributed by atoms with van der Waals surface area (Å²) in [7, 11) is -2.90. The minimum absolute atomic E-state index is 0.0922. The molecule has 0 spiro atoms. The summed E-state index contributed by atoms with van der Waals surface area (Å²) in [4.78, 5) is 0. The Kier molecular flexibility index (Phi) is 3.27. The number of halogens is 1. The second-order valence-corrected chi connectivity index (χ2v) is 6.69. The molecule has 1 fully saturated rings. The molecule has 6 heteroatoms. The summed E-state index contributed by atoms with van der Waals surface area (Å²) in [6.45, 7) is 0. The molecule has 0 bridgehead atoms. The normalized spacial score (nSPS) is 22.0. The number of nitrogens with one attached hydrogen (secondary N) is 1. The molecule has 1 aliphatic heterocycles. The SMILES string of the molecule is N#Cc1ccc(NC2CCS(=O)(=O)C2)c(Cl)c1. The van der Waals surface area contributed by atoms with Crippen LogP contribution in [-0.2, 0) is 9.84 Å². The zero-order valence-corrected chi connectivity index (χ0v) is 10.6. The standard InChI is InChI=1S/C11H11ClN2O2S/c12-10-5-8(6-13)1-2-11(10)14-9-3-4-17(15,16)7-9/h1-2,5,9,14H,3-4,7H2. The van der Waals surface area contributed by atoms with Crippen molar-refractivity contribution in [3.63, 3.8) is 0 Å². The van der Waals surface area contributed by atoms with Crippen molar-refractivity contribution in [2.75, 3.05) is 16.8 Å². The lowest BCUT2D eigenvalue weighted by atomic mass is 10.2. The van der Waals surface area contributed by atoms with E-state index in [1.165, 1.54) is 0 Å². The van der Waals surface area contributed by atoms with Gasteiger partial charge in [0.2, 0.25) is 0 Å². The van der Waals surface area contributed by atoms with Gasteiger partial charge in [-0.15, -0.1) is 0 Å². The van der Waals surface area contributed by atoms with Crippen LogP contribution in [-0.4, -0.2) is 26.0 Å². The highest BCUT2D eigenvalue weighted by Gasteiger charge is 2.27. The van der Waals surface area contributed by atoms with E-state index in [0.29, 0.717) is 22.7 Å². The van der Waals surface area contributed by atoms with Gasteiger partial charge in [-0.1, -0.05) is 11.6 Å². The molecule has 1 aliphatic rings. The molecular formula is C11H11ClN2O2S. The van der Waals surface area contributed by atoms with Crippen molar-refractivity contribution < 1.29 is 8.42 Å². The van der Waals surface area contributed by atoms with Gasteiger partial charge in [-0.3, -0.25) is 0 Å². The maximum absolute atomic E-state index is 11.3. The molecule has 0 aromatic heterocycles. The third-order valence-corrected chi connectivity index (χ3v) is 4.77. The molecule has 1 aromatic carbocycles. The maximum atomic E-state index is 11.3. The van der Waals surface area contributed by atoms with Crippen LogP contribution in [0.15, 0.2) is 18.2 Å². The number of hydrogen-bond donors (Lipinski definition) is 1. The van der Waals surface area contributed by atoms with Crippen molar-refractivity contribution in [2.45, 2.75) is 12.5 Å². The minimum Gasteiger partial charge on any atom is -0.380 e. The van der Waals surface area contributed by atoms with Gasteiger partial charge in [0.05, 0.1) is 33.8 Å². The van der Waals surface area contributed by atoms with Gasteiger partial charge in [0, 0.05) is 6.04 Å². The van der Waals surface area contributed by atoms with Crippen molar-refractivity contribution in [1.82, 2.24) is 0 Å². The molecule has 0 amide bonds. The second-order valence-electron chi connectivity index (χ2n) is 4.05. The average molecular weight is 271 g/mol. The van der Waals surface area contributed by atoms with Crippen molar-refractivity contribution in [3.8, 4) is 6.07 Å². The van der Waals surface area contributed by atoms with Crippen LogP contribution in [0.2, 0.25) is 5.02 Å². The fourth-order valence-corrected chi connectivity index (χ4v) is 3.74. The van der Waals surface area contributed by atoms with Crippen LogP contribution < -0.4 is 5.32 Å². The van der Waals surface area contributed by atoms with Crippen LogP contribution in [0.1, 0.15) is 12.0 Å². The number of rotatable bonds is 2. The van der Waals surface area contributed by atoms with Gasteiger partial charge in [-0.25, -0.2) is 8.42 Å². The maximum Gasteiger partial charge on any atom is 0.152 e. The van der Waals surface area contributed by atoms with Gasteiger partial charge < -0.3 is 5.32 Å². The van der Waals surface area contributed by atoms with Crippen molar-refractivity contribution >= 4 is 27.1 Å². The third-order valence-electron chi connectivity index (χ3n) is 2.69. The van der Waals surface area contributed by atoms with Gasteiger partial charge in [0.1, 0.15) is 0 Å². The number of sulfone groups is 1. The Morgan fingerprint density at radius 3 is 2.76 bits per heavy atom. The van der Waals surface area contributed by atoms with E-state index in [0.717, 1.165) is 0 Å². The minimum atomic E-state index is -2.90. The highest BCUT2D eigenvalue weighted by Crippen LogP contribution is 2.25. The third kappa shape index (κ3) is 2.90. The van der Waals surface area contributed by atoms with Crippen molar-refractivity contribution in [3.05, 3.63) is 28.8 Å². The molecular weight excluding hydrogens is 260 g/mol. The van der Waals surface area contributed by atoms with Gasteiger partial charge in [0.25, 0.3) is 0 Å². The van der Waals surface area contributed by atoms with Crippen LogP contribution in [0.3, 0.4) is 0 Å². The van der Waals surface area contributed by atoms with E-state index in [1.807, 2.05) is 6.07 Å². The summed E-state index contributed by atoms with van der Waals surface area (Å²) in [5, 5.41) is 12.2. The molecule has 17 heavy (non-hydrogen) atoms. The van der Waals surface area contributed by atoms with Gasteiger partial charge in [-0.05, 0) is 24.6 Å². The van der Waals surface area contributed by atoms with Crippen LogP contribution >= 0.6 is 11.6 Å². The second kappa shape index (κ2) is 4.55. The Bertz CT molecular complexity index is 578. The molecule has 1 unspecified atom stereocenters. The molecule has 1 saturated heterocycles. The van der Waals surface area contributed by atoms with E-state index < -0.39 is 9.84 Å². The predicted octanol–water partition coefficient (Wildman–Crippen LogP) is 1.81. The summed E-state index contributed by atoms with van der Waals surface area (Å²) < 4.78 is 22.6. The largest absolute Gasteiger partial charge is 0.380 e. The monoisotopic (exact) mass is 270 g/mol. The quantitative estimate of drug-likeness (QED) is 0.890. The molecule has 0 saturated carbocycles. The lowest BCUT2D eigenvalue weighted by Gasteiger charge is -2.13. The summed E-state index contributed by atoms with van der Waals surface area (Å²) in [5.74, 6) is 0.363. The molecule has 0 radical (unpaired) electrons. The molecule has 2 rings (SSSR count). The number of anilines is 1. The van der Waals surface area contributed by atoms with E-state index in [4.69, 9.17) is 16.9 Å². The van der Waals surface area contributed by atoms with E-state index in [2.05, 4.69) is 5.32 Å². The van der Waals surface area contributed by atoms with Gasteiger partial charge in [0.15, 0.2) is 9.84 Å². The molecule has 1 atom stereocenters. The van der Waals surface area contributed by atoms with Crippen LogP contribution in [0.5, 0.6) is 0 Å². The Balaban J connectivity index is 2.13. The zero-order chi connectivity index (χ0) is 12.5. The summed E-state index contributed by atoms with van der Waals surface area (Å²) >= 11 is 5.99. The summed E-state index contributed by atoms with van der Waals surface area (Å²) in [6.07, 6.45) is 0.596. The average Bonchev–Trinajstić information content (AvgIpc) is 2.61. The summed E-state index contributed by atoms with van der Waals surface area (Å²) in [5.41, 5.74) is 1.16. The lowest BCUT2D eigenvalue weighted by molar-refractivity contribution is 0.602. The smallest absolute Gasteiger partial charge is 0.152 e. The Labute approximate surface area is 105 Å². The van der Waals surface area contributed by atoms with Gasteiger partial charge >= 0.3 is 0 Å². The number of nitrogens with zero attached hydrogens (tertiary/aromatic N) is 1. The topological polar surface area (TPSA) is 70.0 Å². The first-order valence-corrected chi connectivity index (χ1v) is 7.37. The first-order chi connectivity index (χ1) is 8.00. The zero-order valence-electron chi connectivity index (χ0n) is 8.98. The highest BCUT2D eigenvalue weighted by molar-refractivity contribution is 7.91. The Morgan fingerprint density at radius 2 is 2.24 bits per heavy atom. The molecule has 1 aromatic rings. The fourth-order valence-electron chi connectivity index (χ4n) is 1.83. The Morgan fingerprint density at radius 1 is 1.47 bits per heavy atom. The first-order valence-electron chi connectivity index (χ1n) is 5.17. The highest BCUT2D eigenvalue weighted by atomic mass is 35.5. The van der Waals surface area contributed by atoms with Gasteiger partial charge in [-0.2, -0.15) is 5.26 Å².